The van der Waals surface area contributed by atoms with Crippen LogP contribution in [0.15, 0.2) is 89.4 Å². The molecule has 2 bridgehead atoms. The summed E-state index contributed by atoms with van der Waals surface area (Å²) in [4.78, 5) is 30.1. The first kappa shape index (κ1) is 28.1. The highest BCUT2D eigenvalue weighted by Gasteiger charge is 2.62. The van der Waals surface area contributed by atoms with Crippen molar-refractivity contribution in [3.05, 3.63) is 123 Å². The molecule has 4 nitrogen and oxygen atoms in total. The van der Waals surface area contributed by atoms with Crippen molar-refractivity contribution >= 4 is 33.4 Å². The minimum atomic E-state index is -0.424. The van der Waals surface area contributed by atoms with Gasteiger partial charge in [0, 0.05) is 16.3 Å². The molecule has 218 valence electrons. The van der Waals surface area contributed by atoms with Crippen molar-refractivity contribution < 1.29 is 14.3 Å². The van der Waals surface area contributed by atoms with E-state index >= 15 is 0 Å². The molecule has 1 heterocycles. The highest BCUT2D eigenvalue weighted by molar-refractivity contribution is 9.10. The van der Waals surface area contributed by atoms with Gasteiger partial charge < -0.3 is 4.74 Å². The van der Waals surface area contributed by atoms with Crippen LogP contribution in [0, 0.1) is 11.8 Å². The Balaban J connectivity index is 1.30. The number of carbonyl (C=O) groups is 2. The first-order valence-corrected chi connectivity index (χ1v) is 15.8. The molecule has 43 heavy (non-hydrogen) atoms. The van der Waals surface area contributed by atoms with E-state index in [1.165, 1.54) is 38.3 Å². The second-order valence-corrected chi connectivity index (χ2v) is 15.2. The van der Waals surface area contributed by atoms with Gasteiger partial charge in [-0.2, -0.15) is 0 Å². The number of anilines is 1. The minimum Gasteiger partial charge on any atom is -0.457 e. The van der Waals surface area contributed by atoms with E-state index < -0.39 is 11.8 Å². The summed E-state index contributed by atoms with van der Waals surface area (Å²) >= 11 is 3.45. The van der Waals surface area contributed by atoms with E-state index in [1.54, 1.807) is 0 Å². The standard InChI is InChI=1S/C38H36BrNO3/c1-37(2,3)21-7-17-27-29(19-21)31-28-18-8-22(38(4,5)6)20-30(28)32(27)34-33(31)35(41)40(36(34)42)24-11-15-26(16-12-24)43-25-13-9-23(39)10-14-25/h7-20,31-34H,1-6H3/t31-,32-,33-,34+/m1/s1. The molecule has 1 aliphatic heterocycles. The summed E-state index contributed by atoms with van der Waals surface area (Å²) in [6, 6.07) is 28.4. The van der Waals surface area contributed by atoms with Crippen LogP contribution in [0.2, 0.25) is 0 Å². The van der Waals surface area contributed by atoms with Crippen molar-refractivity contribution in [1.82, 2.24) is 0 Å². The van der Waals surface area contributed by atoms with Crippen LogP contribution >= 0.6 is 15.9 Å². The normalized spacial score (nSPS) is 22.3. The van der Waals surface area contributed by atoms with Gasteiger partial charge in [0.25, 0.3) is 0 Å². The minimum absolute atomic E-state index is 0.0222. The summed E-state index contributed by atoms with van der Waals surface area (Å²) in [5, 5.41) is 0. The molecule has 4 atom stereocenters. The predicted molar refractivity (Wildman–Crippen MR) is 174 cm³/mol. The number of nitrogens with zero attached hydrogens (tertiary/aromatic N) is 1. The molecule has 0 spiro atoms. The third kappa shape index (κ3) is 4.47. The van der Waals surface area contributed by atoms with Gasteiger partial charge in [0.15, 0.2) is 0 Å². The molecule has 8 rings (SSSR count). The highest BCUT2D eigenvalue weighted by Crippen LogP contribution is 2.62. The largest absolute Gasteiger partial charge is 0.457 e. The van der Waals surface area contributed by atoms with Crippen molar-refractivity contribution in [1.29, 1.82) is 0 Å². The fraction of sp³-hybridized carbons (Fsp3) is 0.316. The zero-order valence-corrected chi connectivity index (χ0v) is 27.0. The second kappa shape index (κ2) is 9.65. The molecule has 0 saturated carbocycles. The average Bonchev–Trinajstić information content (AvgIpc) is 3.23. The number of hydrogen-bond acceptors (Lipinski definition) is 3. The molecule has 5 heteroatoms. The monoisotopic (exact) mass is 633 g/mol. The van der Waals surface area contributed by atoms with E-state index in [2.05, 4.69) is 93.9 Å². The Morgan fingerprint density at radius 2 is 1.00 bits per heavy atom. The zero-order chi connectivity index (χ0) is 30.4. The number of benzene rings is 4. The summed E-state index contributed by atoms with van der Waals surface area (Å²) in [7, 11) is 0. The van der Waals surface area contributed by atoms with Crippen molar-refractivity contribution in [3.8, 4) is 11.5 Å². The van der Waals surface area contributed by atoms with Crippen LogP contribution in [0.25, 0.3) is 0 Å². The Labute approximate surface area is 262 Å². The topological polar surface area (TPSA) is 46.6 Å². The molecule has 1 fully saturated rings. The lowest BCUT2D eigenvalue weighted by Gasteiger charge is -2.47. The number of halogens is 1. The quantitative estimate of drug-likeness (QED) is 0.211. The van der Waals surface area contributed by atoms with E-state index in [9.17, 15) is 9.59 Å². The van der Waals surface area contributed by atoms with Crippen LogP contribution in [0.4, 0.5) is 5.69 Å². The smallest absolute Gasteiger partial charge is 0.238 e. The molecule has 0 radical (unpaired) electrons. The molecule has 0 N–H and O–H groups in total. The summed E-state index contributed by atoms with van der Waals surface area (Å²) < 4.78 is 6.97. The van der Waals surface area contributed by atoms with Crippen LogP contribution in [-0.4, -0.2) is 11.8 Å². The van der Waals surface area contributed by atoms with E-state index in [-0.39, 0.29) is 34.5 Å². The van der Waals surface area contributed by atoms with Crippen molar-refractivity contribution in [2.24, 2.45) is 11.8 Å². The van der Waals surface area contributed by atoms with Gasteiger partial charge in [-0.15, -0.1) is 0 Å². The Morgan fingerprint density at radius 3 is 1.42 bits per heavy atom. The molecule has 0 aromatic heterocycles. The van der Waals surface area contributed by atoms with Gasteiger partial charge in [0.05, 0.1) is 17.5 Å². The number of hydrogen-bond donors (Lipinski definition) is 0. The molecule has 4 aromatic rings. The first-order valence-electron chi connectivity index (χ1n) is 15.0. The van der Waals surface area contributed by atoms with Crippen molar-refractivity contribution in [2.45, 2.75) is 64.2 Å². The molecule has 2 amide bonds. The van der Waals surface area contributed by atoms with Gasteiger partial charge in [-0.3, -0.25) is 9.59 Å². The Kier molecular flexibility index (Phi) is 6.31. The molecule has 1 saturated heterocycles. The van der Waals surface area contributed by atoms with Crippen LogP contribution in [0.5, 0.6) is 11.5 Å². The van der Waals surface area contributed by atoms with Gasteiger partial charge in [-0.25, -0.2) is 4.90 Å². The van der Waals surface area contributed by atoms with Gasteiger partial charge >= 0.3 is 0 Å². The second-order valence-electron chi connectivity index (χ2n) is 14.3. The van der Waals surface area contributed by atoms with E-state index in [0.717, 1.165) is 4.47 Å². The maximum atomic E-state index is 14.3. The van der Waals surface area contributed by atoms with Crippen LogP contribution in [-0.2, 0) is 20.4 Å². The van der Waals surface area contributed by atoms with Crippen molar-refractivity contribution in [3.63, 3.8) is 0 Å². The summed E-state index contributed by atoms with van der Waals surface area (Å²) in [6.45, 7) is 13.3. The SMILES string of the molecule is CC(C)(C)c1ccc2c(c1)[C@H]1c3ccc(C(C)(C)C)cc3[C@@H]2[C@@H]2C(=O)N(c3ccc(Oc4ccc(Br)cc4)cc3)C(=O)[C@H]12. The van der Waals surface area contributed by atoms with E-state index in [4.69, 9.17) is 4.74 Å². The molecule has 4 aliphatic rings. The van der Waals surface area contributed by atoms with Gasteiger partial charge in [-0.05, 0) is 92.7 Å². The molecule has 4 aromatic carbocycles. The predicted octanol–water partition coefficient (Wildman–Crippen LogP) is 9.23. The summed E-state index contributed by atoms with van der Waals surface area (Å²) in [6.07, 6.45) is 0. The third-order valence-corrected chi connectivity index (χ3v) is 10.0. The van der Waals surface area contributed by atoms with E-state index in [1.807, 2.05) is 48.5 Å². The highest BCUT2D eigenvalue weighted by atomic mass is 79.9. The Morgan fingerprint density at radius 1 is 0.581 bits per heavy atom. The molecular weight excluding hydrogens is 598 g/mol. The molecule has 0 unspecified atom stereocenters. The average molecular weight is 635 g/mol. The van der Waals surface area contributed by atoms with Crippen LogP contribution in [0.3, 0.4) is 0 Å². The maximum Gasteiger partial charge on any atom is 0.238 e. The molecular formula is C38H36BrNO3. The number of rotatable bonds is 3. The molecule has 3 aliphatic carbocycles. The number of imide groups is 1. The van der Waals surface area contributed by atoms with Gasteiger partial charge in [0.2, 0.25) is 11.8 Å². The van der Waals surface area contributed by atoms with E-state index in [0.29, 0.717) is 17.2 Å². The Hall–Kier alpha value is -3.70. The van der Waals surface area contributed by atoms with Crippen LogP contribution in [0.1, 0.15) is 86.8 Å². The maximum absolute atomic E-state index is 14.3. The lowest BCUT2D eigenvalue weighted by atomic mass is 9.54. The van der Waals surface area contributed by atoms with Gasteiger partial charge in [0.1, 0.15) is 11.5 Å². The lowest BCUT2D eigenvalue weighted by molar-refractivity contribution is -0.122. The summed E-state index contributed by atoms with van der Waals surface area (Å²) in [5.41, 5.74) is 7.84. The number of amides is 2. The van der Waals surface area contributed by atoms with Crippen LogP contribution < -0.4 is 9.64 Å². The number of carbonyl (C=O) groups excluding carboxylic acids is 2. The van der Waals surface area contributed by atoms with Gasteiger partial charge in [-0.1, -0.05) is 93.9 Å². The summed E-state index contributed by atoms with van der Waals surface area (Å²) in [5.74, 6) is -0.0132. The first-order chi connectivity index (χ1) is 20.3. The van der Waals surface area contributed by atoms with Crippen molar-refractivity contribution in [2.75, 3.05) is 4.90 Å². The zero-order valence-electron chi connectivity index (χ0n) is 25.4. The Bertz CT molecular complexity index is 1690. The lowest BCUT2D eigenvalue weighted by Crippen LogP contribution is -2.42. The number of ether oxygens (including phenoxy) is 1. The third-order valence-electron chi connectivity index (χ3n) is 9.51. The fourth-order valence-electron chi connectivity index (χ4n) is 7.27. The fourth-order valence-corrected chi connectivity index (χ4v) is 7.53.